The zero-order valence-corrected chi connectivity index (χ0v) is 17.8. The van der Waals surface area contributed by atoms with Gasteiger partial charge in [0, 0.05) is 59.1 Å². The van der Waals surface area contributed by atoms with Crippen LogP contribution >= 0.6 is 0 Å². The number of anilines is 1. The van der Waals surface area contributed by atoms with E-state index in [-0.39, 0.29) is 23.6 Å². The van der Waals surface area contributed by atoms with Crippen LogP contribution in [-0.4, -0.2) is 68.8 Å². The third-order valence-electron chi connectivity index (χ3n) is 5.77. The maximum atomic E-state index is 12.5. The Labute approximate surface area is 179 Å². The minimum absolute atomic E-state index is 0.0221. The number of benzene rings is 1. The van der Waals surface area contributed by atoms with E-state index in [1.165, 1.54) is 28.2 Å². The molecule has 0 spiro atoms. The number of amides is 1. The maximum absolute atomic E-state index is 12.5. The van der Waals surface area contributed by atoms with Crippen LogP contribution in [0.2, 0.25) is 0 Å². The molecule has 0 saturated carbocycles. The van der Waals surface area contributed by atoms with Crippen LogP contribution < -0.4 is 21.5 Å². The summed E-state index contributed by atoms with van der Waals surface area (Å²) < 4.78 is 3.82. The Hall–Kier alpha value is -3.40. The SMILES string of the molecule is Cn1c(=O)c2c(ncn2CC(=O)NCCN2CCN(c3ccccc3)CC2)n(C)c1=O. The Morgan fingerprint density at radius 1 is 1.03 bits per heavy atom. The van der Waals surface area contributed by atoms with Crippen molar-refractivity contribution in [1.82, 2.24) is 28.9 Å². The number of para-hydroxylation sites is 1. The lowest BCUT2D eigenvalue weighted by atomic mass is 10.2. The van der Waals surface area contributed by atoms with Gasteiger partial charge in [0.25, 0.3) is 5.56 Å². The minimum Gasteiger partial charge on any atom is -0.369 e. The molecule has 10 nitrogen and oxygen atoms in total. The number of hydrogen-bond acceptors (Lipinski definition) is 6. The summed E-state index contributed by atoms with van der Waals surface area (Å²) in [6.07, 6.45) is 1.42. The smallest absolute Gasteiger partial charge is 0.332 e. The van der Waals surface area contributed by atoms with Crippen molar-refractivity contribution in [1.29, 1.82) is 0 Å². The molecule has 1 amide bonds. The van der Waals surface area contributed by atoms with Crippen molar-refractivity contribution < 1.29 is 4.79 Å². The van der Waals surface area contributed by atoms with Crippen LogP contribution in [0.5, 0.6) is 0 Å². The van der Waals surface area contributed by atoms with Crippen molar-refractivity contribution >= 4 is 22.8 Å². The highest BCUT2D eigenvalue weighted by Gasteiger charge is 2.18. The van der Waals surface area contributed by atoms with Gasteiger partial charge in [0.2, 0.25) is 5.91 Å². The second kappa shape index (κ2) is 8.76. The quantitative estimate of drug-likeness (QED) is 0.565. The number of imidazole rings is 1. The normalized spacial score (nSPS) is 14.8. The molecule has 0 aliphatic carbocycles. The zero-order valence-electron chi connectivity index (χ0n) is 17.8. The molecule has 1 aliphatic heterocycles. The van der Waals surface area contributed by atoms with Gasteiger partial charge in [-0.1, -0.05) is 18.2 Å². The number of nitrogens with one attached hydrogen (secondary N) is 1. The molecule has 0 unspecified atom stereocenters. The number of nitrogens with zero attached hydrogens (tertiary/aromatic N) is 6. The van der Waals surface area contributed by atoms with Crippen LogP contribution in [0.25, 0.3) is 11.2 Å². The molecule has 31 heavy (non-hydrogen) atoms. The summed E-state index contributed by atoms with van der Waals surface area (Å²) in [6.45, 7) is 5.10. The summed E-state index contributed by atoms with van der Waals surface area (Å²) in [6, 6.07) is 10.4. The fraction of sp³-hybridized carbons (Fsp3) is 0.429. The predicted octanol–water partition coefficient (Wildman–Crippen LogP) is -0.628. The van der Waals surface area contributed by atoms with Crippen LogP contribution in [0.4, 0.5) is 5.69 Å². The van der Waals surface area contributed by atoms with Crippen molar-refractivity contribution in [3.8, 4) is 0 Å². The summed E-state index contributed by atoms with van der Waals surface area (Å²) in [7, 11) is 2.97. The average molecular weight is 425 g/mol. The van der Waals surface area contributed by atoms with E-state index in [0.29, 0.717) is 6.54 Å². The summed E-state index contributed by atoms with van der Waals surface area (Å²) in [5, 5.41) is 2.92. The summed E-state index contributed by atoms with van der Waals surface area (Å²) in [5.74, 6) is -0.196. The number of fused-ring (bicyclic) bond motifs is 1. The molecule has 3 heterocycles. The monoisotopic (exact) mass is 425 g/mol. The van der Waals surface area contributed by atoms with E-state index in [1.807, 2.05) is 6.07 Å². The first kappa shape index (κ1) is 20.9. The molecule has 1 saturated heterocycles. The fourth-order valence-electron chi connectivity index (χ4n) is 3.95. The van der Waals surface area contributed by atoms with Crippen LogP contribution in [0, 0.1) is 0 Å². The Balaban J connectivity index is 1.29. The molecule has 1 fully saturated rings. The first-order chi connectivity index (χ1) is 15.0. The molecule has 3 aromatic rings. The van der Waals surface area contributed by atoms with Gasteiger partial charge in [-0.2, -0.15) is 0 Å². The van der Waals surface area contributed by atoms with Gasteiger partial charge in [-0.15, -0.1) is 0 Å². The van der Waals surface area contributed by atoms with E-state index in [2.05, 4.69) is 44.4 Å². The van der Waals surface area contributed by atoms with Gasteiger partial charge in [-0.25, -0.2) is 9.78 Å². The number of hydrogen-bond donors (Lipinski definition) is 1. The van der Waals surface area contributed by atoms with Gasteiger partial charge in [-0.3, -0.25) is 23.6 Å². The van der Waals surface area contributed by atoms with Crippen molar-refractivity contribution in [2.45, 2.75) is 6.54 Å². The Kier molecular flexibility index (Phi) is 5.90. The molecule has 10 heteroatoms. The number of rotatable bonds is 6. The number of carbonyl (C=O) groups is 1. The van der Waals surface area contributed by atoms with Crippen LogP contribution in [0.3, 0.4) is 0 Å². The van der Waals surface area contributed by atoms with E-state index >= 15 is 0 Å². The Morgan fingerprint density at radius 2 is 1.74 bits per heavy atom. The third-order valence-corrected chi connectivity index (χ3v) is 5.77. The van der Waals surface area contributed by atoms with Crippen molar-refractivity contribution in [2.24, 2.45) is 14.1 Å². The molecular formula is C21H27N7O3. The van der Waals surface area contributed by atoms with Crippen LogP contribution in [0.1, 0.15) is 0 Å². The molecule has 1 N–H and O–H groups in total. The first-order valence-corrected chi connectivity index (χ1v) is 10.4. The van der Waals surface area contributed by atoms with Gasteiger partial charge >= 0.3 is 5.69 Å². The Morgan fingerprint density at radius 3 is 2.45 bits per heavy atom. The molecule has 0 atom stereocenters. The minimum atomic E-state index is -0.459. The number of aryl methyl sites for hydroxylation is 1. The van der Waals surface area contributed by atoms with E-state index in [1.54, 1.807) is 7.05 Å². The maximum Gasteiger partial charge on any atom is 0.332 e. The second-order valence-electron chi connectivity index (χ2n) is 7.76. The van der Waals surface area contributed by atoms with Gasteiger partial charge in [0.15, 0.2) is 11.2 Å². The summed E-state index contributed by atoms with van der Waals surface area (Å²) in [5.41, 5.74) is 0.861. The van der Waals surface area contributed by atoms with Crippen molar-refractivity contribution in [3.63, 3.8) is 0 Å². The van der Waals surface area contributed by atoms with Gasteiger partial charge in [-0.05, 0) is 12.1 Å². The molecule has 1 aliphatic rings. The largest absolute Gasteiger partial charge is 0.369 e. The highest BCUT2D eigenvalue weighted by Crippen LogP contribution is 2.15. The lowest BCUT2D eigenvalue weighted by molar-refractivity contribution is -0.121. The predicted molar refractivity (Wildman–Crippen MR) is 118 cm³/mol. The first-order valence-electron chi connectivity index (χ1n) is 10.4. The molecule has 1 aromatic carbocycles. The molecule has 0 bridgehead atoms. The lowest BCUT2D eigenvalue weighted by Gasteiger charge is -2.36. The Bertz CT molecular complexity index is 1190. The van der Waals surface area contributed by atoms with E-state index < -0.39 is 11.2 Å². The highest BCUT2D eigenvalue weighted by atomic mass is 16.2. The van der Waals surface area contributed by atoms with E-state index in [4.69, 9.17) is 0 Å². The number of piperazine rings is 1. The van der Waals surface area contributed by atoms with Crippen molar-refractivity contribution in [2.75, 3.05) is 44.2 Å². The molecule has 2 aromatic heterocycles. The highest BCUT2D eigenvalue weighted by molar-refractivity contribution is 5.78. The standard InChI is InChI=1S/C21H27N7O3/c1-24-19-18(20(30)25(2)21(24)31)28(15-23-19)14-17(29)22-8-9-26-10-12-27(13-11-26)16-6-4-3-5-7-16/h3-7,15H,8-14H2,1-2H3,(H,22,29). The van der Waals surface area contributed by atoms with Gasteiger partial charge in [0.05, 0.1) is 6.33 Å². The lowest BCUT2D eigenvalue weighted by Crippen LogP contribution is -2.48. The van der Waals surface area contributed by atoms with Crippen molar-refractivity contribution in [3.05, 3.63) is 57.5 Å². The van der Waals surface area contributed by atoms with Gasteiger partial charge < -0.3 is 14.8 Å². The topological polar surface area (TPSA) is 97.4 Å². The molecule has 0 radical (unpaired) electrons. The average Bonchev–Trinajstić information content (AvgIpc) is 3.21. The summed E-state index contributed by atoms with van der Waals surface area (Å²) in [4.78, 5) is 45.7. The molecule has 4 rings (SSSR count). The zero-order chi connectivity index (χ0) is 22.0. The summed E-state index contributed by atoms with van der Waals surface area (Å²) >= 11 is 0. The van der Waals surface area contributed by atoms with Crippen LogP contribution in [-0.2, 0) is 25.4 Å². The molecule has 164 valence electrons. The van der Waals surface area contributed by atoms with E-state index in [0.717, 1.165) is 37.3 Å². The van der Waals surface area contributed by atoms with E-state index in [9.17, 15) is 14.4 Å². The number of aromatic nitrogens is 4. The van der Waals surface area contributed by atoms with Crippen LogP contribution in [0.15, 0.2) is 46.2 Å². The molecular weight excluding hydrogens is 398 g/mol. The third kappa shape index (κ3) is 4.24. The van der Waals surface area contributed by atoms with Gasteiger partial charge in [0.1, 0.15) is 6.54 Å². The second-order valence-corrected chi connectivity index (χ2v) is 7.76. The fourth-order valence-corrected chi connectivity index (χ4v) is 3.95. The number of carbonyl (C=O) groups excluding carboxylic acids is 1.